The molecule has 1 aromatic heterocycles. The Morgan fingerprint density at radius 1 is 1.19 bits per heavy atom. The lowest BCUT2D eigenvalue weighted by Gasteiger charge is -2.12. The summed E-state index contributed by atoms with van der Waals surface area (Å²) in [7, 11) is 1.47. The number of aromatic hydroxyl groups is 1. The van der Waals surface area contributed by atoms with Gasteiger partial charge in [0, 0.05) is 11.8 Å². The van der Waals surface area contributed by atoms with E-state index in [1.807, 2.05) is 19.1 Å². The standard InChI is InChI=1S/C20H19N3O4/c1-3-13-8-10-14(11-9-13)21-20(26)19-16(24)12-18(25)23(22-19)15-6-4-5-7-17(15)27-2/h4-12,24H,3H2,1-2H3,(H,21,26). The number of ether oxygens (including phenoxy) is 1. The molecule has 0 saturated heterocycles. The van der Waals surface area contributed by atoms with Crippen molar-refractivity contribution in [3.05, 3.63) is 76.2 Å². The number of methoxy groups -OCH3 is 1. The number of hydrogen-bond donors (Lipinski definition) is 2. The molecule has 7 nitrogen and oxygen atoms in total. The summed E-state index contributed by atoms with van der Waals surface area (Å²) < 4.78 is 6.26. The van der Waals surface area contributed by atoms with E-state index in [1.165, 1.54) is 7.11 Å². The molecule has 0 saturated carbocycles. The molecule has 0 fully saturated rings. The lowest BCUT2D eigenvalue weighted by molar-refractivity contribution is 0.101. The Kier molecular flexibility index (Phi) is 5.21. The molecular weight excluding hydrogens is 346 g/mol. The molecule has 0 unspecified atom stereocenters. The highest BCUT2D eigenvalue weighted by Gasteiger charge is 2.18. The van der Waals surface area contributed by atoms with Crippen LogP contribution in [0.15, 0.2) is 59.4 Å². The van der Waals surface area contributed by atoms with E-state index in [0.717, 1.165) is 22.7 Å². The summed E-state index contributed by atoms with van der Waals surface area (Å²) in [6.45, 7) is 2.04. The highest BCUT2D eigenvalue weighted by Crippen LogP contribution is 2.22. The summed E-state index contributed by atoms with van der Waals surface area (Å²) in [4.78, 5) is 24.8. The van der Waals surface area contributed by atoms with Crippen LogP contribution in [-0.4, -0.2) is 27.9 Å². The predicted octanol–water partition coefficient (Wildman–Crippen LogP) is 2.76. The first-order chi connectivity index (χ1) is 13.0. The zero-order valence-electron chi connectivity index (χ0n) is 15.0. The number of hydrogen-bond acceptors (Lipinski definition) is 5. The monoisotopic (exact) mass is 365 g/mol. The predicted molar refractivity (Wildman–Crippen MR) is 102 cm³/mol. The normalized spacial score (nSPS) is 10.4. The highest BCUT2D eigenvalue weighted by molar-refractivity contribution is 6.04. The van der Waals surface area contributed by atoms with E-state index < -0.39 is 17.2 Å². The number of nitrogens with zero attached hydrogens (tertiary/aromatic N) is 2. The minimum absolute atomic E-state index is 0.264. The van der Waals surface area contributed by atoms with Crippen LogP contribution in [0.25, 0.3) is 5.69 Å². The molecule has 3 rings (SSSR count). The first-order valence-corrected chi connectivity index (χ1v) is 8.40. The molecule has 7 heteroatoms. The Morgan fingerprint density at radius 2 is 1.89 bits per heavy atom. The average molecular weight is 365 g/mol. The van der Waals surface area contributed by atoms with Crippen LogP contribution in [0.4, 0.5) is 5.69 Å². The lowest BCUT2D eigenvalue weighted by Crippen LogP contribution is -2.25. The first kappa shape index (κ1) is 18.2. The maximum atomic E-state index is 12.6. The van der Waals surface area contributed by atoms with Gasteiger partial charge in [0.2, 0.25) is 0 Å². The number of aryl methyl sites for hydroxylation is 1. The smallest absolute Gasteiger partial charge is 0.279 e. The maximum Gasteiger partial charge on any atom is 0.279 e. The summed E-state index contributed by atoms with van der Waals surface area (Å²) in [5.74, 6) is -0.700. The number of amides is 1. The highest BCUT2D eigenvalue weighted by atomic mass is 16.5. The molecule has 0 spiro atoms. The summed E-state index contributed by atoms with van der Waals surface area (Å²) in [5, 5.41) is 16.8. The largest absolute Gasteiger partial charge is 0.505 e. The second kappa shape index (κ2) is 7.74. The Balaban J connectivity index is 1.98. The molecule has 3 aromatic rings. The molecule has 0 bridgehead atoms. The van der Waals surface area contributed by atoms with Crippen molar-refractivity contribution in [2.75, 3.05) is 12.4 Å². The van der Waals surface area contributed by atoms with Crippen LogP contribution >= 0.6 is 0 Å². The van der Waals surface area contributed by atoms with Gasteiger partial charge in [-0.05, 0) is 36.2 Å². The third-order valence-electron chi connectivity index (χ3n) is 4.06. The van der Waals surface area contributed by atoms with Crippen LogP contribution in [0, 0.1) is 0 Å². The summed E-state index contributed by atoms with van der Waals surface area (Å²) >= 11 is 0. The van der Waals surface area contributed by atoms with Crippen molar-refractivity contribution >= 4 is 11.6 Å². The van der Waals surface area contributed by atoms with Gasteiger partial charge in [0.15, 0.2) is 11.4 Å². The van der Waals surface area contributed by atoms with Gasteiger partial charge in [0.1, 0.15) is 11.4 Å². The van der Waals surface area contributed by atoms with Gasteiger partial charge in [0.25, 0.3) is 11.5 Å². The zero-order chi connectivity index (χ0) is 19.4. The van der Waals surface area contributed by atoms with Crippen molar-refractivity contribution in [2.45, 2.75) is 13.3 Å². The fourth-order valence-corrected chi connectivity index (χ4v) is 2.60. The molecule has 1 amide bonds. The third kappa shape index (κ3) is 3.82. The minimum atomic E-state index is -0.625. The van der Waals surface area contributed by atoms with Crippen molar-refractivity contribution in [2.24, 2.45) is 0 Å². The summed E-state index contributed by atoms with van der Waals surface area (Å²) in [6.07, 6.45) is 0.889. The van der Waals surface area contributed by atoms with Gasteiger partial charge in [-0.15, -0.1) is 0 Å². The van der Waals surface area contributed by atoms with Gasteiger partial charge in [-0.25, -0.2) is 0 Å². The SMILES string of the molecule is CCc1ccc(NC(=O)c2nn(-c3ccccc3OC)c(=O)cc2O)cc1. The fraction of sp³-hybridized carbons (Fsp3) is 0.150. The van der Waals surface area contributed by atoms with E-state index in [0.29, 0.717) is 17.1 Å². The van der Waals surface area contributed by atoms with Crippen molar-refractivity contribution < 1.29 is 14.6 Å². The molecule has 1 heterocycles. The van der Waals surface area contributed by atoms with E-state index in [9.17, 15) is 14.7 Å². The van der Waals surface area contributed by atoms with Gasteiger partial charge >= 0.3 is 0 Å². The number of carbonyl (C=O) groups excluding carboxylic acids is 1. The molecule has 0 aliphatic heterocycles. The third-order valence-corrected chi connectivity index (χ3v) is 4.06. The number of carbonyl (C=O) groups is 1. The molecule has 27 heavy (non-hydrogen) atoms. The lowest BCUT2D eigenvalue weighted by atomic mass is 10.1. The number of anilines is 1. The Labute approximate surface area is 155 Å². The molecule has 0 aliphatic rings. The summed E-state index contributed by atoms with van der Waals surface area (Å²) in [6, 6.07) is 15.1. The fourth-order valence-electron chi connectivity index (χ4n) is 2.60. The minimum Gasteiger partial charge on any atom is -0.505 e. The van der Waals surface area contributed by atoms with Crippen LogP contribution in [-0.2, 0) is 6.42 Å². The van der Waals surface area contributed by atoms with Crippen LogP contribution in [0.5, 0.6) is 11.5 Å². The topological polar surface area (TPSA) is 93.5 Å². The van der Waals surface area contributed by atoms with Crippen LogP contribution in [0.3, 0.4) is 0 Å². The van der Waals surface area contributed by atoms with Crippen LogP contribution in [0.1, 0.15) is 23.0 Å². The first-order valence-electron chi connectivity index (χ1n) is 8.40. The van der Waals surface area contributed by atoms with E-state index in [4.69, 9.17) is 4.74 Å². The van der Waals surface area contributed by atoms with Gasteiger partial charge in [-0.1, -0.05) is 31.2 Å². The molecule has 138 valence electrons. The van der Waals surface area contributed by atoms with E-state index in [-0.39, 0.29) is 5.69 Å². The Hall–Kier alpha value is -3.61. The van der Waals surface area contributed by atoms with Crippen molar-refractivity contribution in [1.82, 2.24) is 9.78 Å². The Morgan fingerprint density at radius 3 is 2.56 bits per heavy atom. The molecule has 2 aromatic carbocycles. The van der Waals surface area contributed by atoms with Crippen LogP contribution < -0.4 is 15.6 Å². The number of aromatic nitrogens is 2. The molecule has 0 radical (unpaired) electrons. The second-order valence-corrected chi connectivity index (χ2v) is 5.80. The maximum absolute atomic E-state index is 12.6. The molecule has 2 N–H and O–H groups in total. The van der Waals surface area contributed by atoms with Gasteiger partial charge in [-0.2, -0.15) is 9.78 Å². The zero-order valence-corrected chi connectivity index (χ0v) is 15.0. The number of rotatable bonds is 5. The van der Waals surface area contributed by atoms with Crippen molar-refractivity contribution in [3.63, 3.8) is 0 Å². The number of nitrogens with one attached hydrogen (secondary N) is 1. The molecule has 0 atom stereocenters. The summed E-state index contributed by atoms with van der Waals surface area (Å²) in [5.41, 5.74) is 1.22. The van der Waals surface area contributed by atoms with E-state index in [2.05, 4.69) is 10.4 Å². The van der Waals surface area contributed by atoms with Gasteiger partial charge in [-0.3, -0.25) is 9.59 Å². The molecule has 0 aliphatic carbocycles. The van der Waals surface area contributed by atoms with Gasteiger partial charge < -0.3 is 15.2 Å². The Bertz CT molecular complexity index is 1030. The van der Waals surface area contributed by atoms with Crippen molar-refractivity contribution in [3.8, 4) is 17.2 Å². The van der Waals surface area contributed by atoms with Crippen LogP contribution in [0.2, 0.25) is 0 Å². The quantitative estimate of drug-likeness (QED) is 0.725. The second-order valence-electron chi connectivity index (χ2n) is 5.80. The number of benzene rings is 2. The number of para-hydroxylation sites is 2. The molecular formula is C20H19N3O4. The van der Waals surface area contributed by atoms with Crippen molar-refractivity contribution in [1.29, 1.82) is 0 Å². The van der Waals surface area contributed by atoms with E-state index >= 15 is 0 Å². The average Bonchev–Trinajstić information content (AvgIpc) is 2.68. The van der Waals surface area contributed by atoms with E-state index in [1.54, 1.807) is 36.4 Å². The van der Waals surface area contributed by atoms with Gasteiger partial charge in [0.05, 0.1) is 7.11 Å².